The Bertz CT molecular complexity index is 1290. The first-order chi connectivity index (χ1) is 14.1. The molecule has 0 aliphatic rings. The lowest BCUT2D eigenvalue weighted by atomic mass is 10.1. The SMILES string of the molecule is CN(C)CCn1c(SCc2ccccc2C#N)nc2c(sc3ccccc32)c1=O.[Cl-]. The van der Waals surface area contributed by atoms with Gasteiger partial charge in [-0.25, -0.2) is 4.98 Å². The molecule has 0 amide bonds. The van der Waals surface area contributed by atoms with E-state index in [0.717, 1.165) is 27.7 Å². The maximum absolute atomic E-state index is 13.3. The van der Waals surface area contributed by atoms with Crippen LogP contribution in [0.1, 0.15) is 11.1 Å². The van der Waals surface area contributed by atoms with Crippen LogP contribution in [0, 0.1) is 11.3 Å². The first kappa shape index (κ1) is 22.3. The van der Waals surface area contributed by atoms with Gasteiger partial charge >= 0.3 is 0 Å². The molecule has 0 bridgehead atoms. The first-order valence-electron chi connectivity index (χ1n) is 9.26. The Morgan fingerprint density at radius 1 is 1.17 bits per heavy atom. The van der Waals surface area contributed by atoms with E-state index in [2.05, 4.69) is 11.0 Å². The molecule has 0 aliphatic carbocycles. The quantitative estimate of drug-likeness (QED) is 0.324. The van der Waals surface area contributed by atoms with Crippen LogP contribution in [0.15, 0.2) is 58.5 Å². The number of halogens is 1. The summed E-state index contributed by atoms with van der Waals surface area (Å²) >= 11 is 3.01. The van der Waals surface area contributed by atoms with E-state index in [1.807, 2.05) is 62.6 Å². The first-order valence-corrected chi connectivity index (χ1v) is 11.1. The second-order valence-electron chi connectivity index (χ2n) is 6.99. The molecule has 2 aromatic heterocycles. The van der Waals surface area contributed by atoms with Gasteiger partial charge in [-0.2, -0.15) is 5.26 Å². The van der Waals surface area contributed by atoms with Crippen LogP contribution in [0.3, 0.4) is 0 Å². The molecule has 0 N–H and O–H groups in total. The van der Waals surface area contributed by atoms with Crippen molar-refractivity contribution < 1.29 is 12.4 Å². The van der Waals surface area contributed by atoms with Crippen LogP contribution in [0.5, 0.6) is 0 Å². The predicted octanol–water partition coefficient (Wildman–Crippen LogP) is 1.34. The van der Waals surface area contributed by atoms with Crippen LogP contribution in [-0.2, 0) is 12.3 Å². The summed E-state index contributed by atoms with van der Waals surface area (Å²) in [4.78, 5) is 20.3. The van der Waals surface area contributed by atoms with Crippen LogP contribution in [0.25, 0.3) is 20.3 Å². The zero-order valence-corrected chi connectivity index (χ0v) is 19.0. The van der Waals surface area contributed by atoms with E-state index in [0.29, 0.717) is 27.7 Å². The second kappa shape index (κ2) is 9.63. The number of thioether (sulfide) groups is 1. The van der Waals surface area contributed by atoms with Gasteiger partial charge in [-0.15, -0.1) is 11.3 Å². The fourth-order valence-electron chi connectivity index (χ4n) is 3.16. The van der Waals surface area contributed by atoms with E-state index in [4.69, 9.17) is 4.98 Å². The van der Waals surface area contributed by atoms with E-state index >= 15 is 0 Å². The Balaban J connectivity index is 0.00000256. The zero-order valence-electron chi connectivity index (χ0n) is 16.6. The number of likely N-dealkylation sites (N-methyl/N-ethyl adjacent to an activating group) is 1. The normalized spacial score (nSPS) is 11.0. The third-order valence-electron chi connectivity index (χ3n) is 4.71. The van der Waals surface area contributed by atoms with Crippen LogP contribution in [0.4, 0.5) is 0 Å². The summed E-state index contributed by atoms with van der Waals surface area (Å²) in [5.41, 5.74) is 2.38. The molecule has 0 spiro atoms. The molecule has 0 atom stereocenters. The molecular weight excluding hydrogens is 436 g/mol. The topological polar surface area (TPSA) is 61.9 Å². The monoisotopic (exact) mass is 455 g/mol. The van der Waals surface area contributed by atoms with Crippen molar-refractivity contribution in [2.45, 2.75) is 17.5 Å². The van der Waals surface area contributed by atoms with Gasteiger partial charge in [0.1, 0.15) is 4.70 Å². The van der Waals surface area contributed by atoms with Crippen molar-refractivity contribution in [1.82, 2.24) is 14.5 Å². The fraction of sp³-hybridized carbons (Fsp3) is 0.227. The molecule has 0 saturated heterocycles. The number of nitrogens with zero attached hydrogens (tertiary/aromatic N) is 4. The van der Waals surface area contributed by atoms with Crippen molar-refractivity contribution in [1.29, 1.82) is 5.26 Å². The molecule has 5 nitrogen and oxygen atoms in total. The van der Waals surface area contributed by atoms with E-state index in [1.165, 1.54) is 23.1 Å². The van der Waals surface area contributed by atoms with Gasteiger partial charge in [0.25, 0.3) is 5.56 Å². The van der Waals surface area contributed by atoms with Gasteiger partial charge in [0, 0.05) is 28.9 Å². The molecule has 0 radical (unpaired) electrons. The van der Waals surface area contributed by atoms with Gasteiger partial charge in [-0.1, -0.05) is 48.2 Å². The number of hydrogen-bond acceptors (Lipinski definition) is 6. The minimum absolute atomic E-state index is 0. The van der Waals surface area contributed by atoms with E-state index in [-0.39, 0.29) is 18.0 Å². The molecule has 30 heavy (non-hydrogen) atoms. The molecule has 4 aromatic rings. The molecule has 0 unspecified atom stereocenters. The summed E-state index contributed by atoms with van der Waals surface area (Å²) in [5.74, 6) is 0.589. The molecule has 154 valence electrons. The standard InChI is InChI=1S/C22H20N4OS2.ClH/c1-25(2)11-12-26-21(27)20-19(17-9-5-6-10-18(17)29-20)24-22(26)28-14-16-8-4-3-7-15(16)13-23;/h3-10H,11-12,14H2,1-2H3;1H/p-1. The lowest BCUT2D eigenvalue weighted by Gasteiger charge is -2.15. The summed E-state index contributed by atoms with van der Waals surface area (Å²) in [6.45, 7) is 1.32. The average Bonchev–Trinajstić information content (AvgIpc) is 3.10. The maximum atomic E-state index is 13.3. The second-order valence-corrected chi connectivity index (χ2v) is 8.98. The number of rotatable bonds is 6. The maximum Gasteiger partial charge on any atom is 0.272 e. The van der Waals surface area contributed by atoms with Gasteiger partial charge in [0.15, 0.2) is 5.16 Å². The summed E-state index contributed by atoms with van der Waals surface area (Å²) in [5, 5.41) is 11.1. The number of nitriles is 1. The number of benzene rings is 2. The van der Waals surface area contributed by atoms with Crippen molar-refractivity contribution in [3.8, 4) is 6.07 Å². The van der Waals surface area contributed by atoms with Crippen molar-refractivity contribution in [3.05, 3.63) is 70.0 Å². The predicted molar refractivity (Wildman–Crippen MR) is 121 cm³/mol. The van der Waals surface area contributed by atoms with Crippen LogP contribution >= 0.6 is 23.1 Å². The minimum atomic E-state index is 0. The fourth-order valence-corrected chi connectivity index (χ4v) is 5.27. The van der Waals surface area contributed by atoms with E-state index in [1.54, 1.807) is 4.57 Å². The van der Waals surface area contributed by atoms with Crippen molar-refractivity contribution in [2.75, 3.05) is 20.6 Å². The van der Waals surface area contributed by atoms with Gasteiger partial charge in [0.2, 0.25) is 0 Å². The zero-order chi connectivity index (χ0) is 20.4. The molecule has 2 heterocycles. The summed E-state index contributed by atoms with van der Waals surface area (Å²) in [7, 11) is 3.98. The van der Waals surface area contributed by atoms with Gasteiger partial charge in [0.05, 0.1) is 17.1 Å². The van der Waals surface area contributed by atoms with Crippen molar-refractivity contribution in [3.63, 3.8) is 0 Å². The molecular formula is C22H20ClN4OS2-. The van der Waals surface area contributed by atoms with E-state index in [9.17, 15) is 10.1 Å². The smallest absolute Gasteiger partial charge is 0.272 e. The Morgan fingerprint density at radius 2 is 1.90 bits per heavy atom. The summed E-state index contributed by atoms with van der Waals surface area (Å²) in [6.07, 6.45) is 0. The van der Waals surface area contributed by atoms with Crippen molar-refractivity contribution >= 4 is 43.4 Å². The molecule has 0 fully saturated rings. The molecule has 2 aromatic carbocycles. The highest BCUT2D eigenvalue weighted by Crippen LogP contribution is 2.32. The van der Waals surface area contributed by atoms with E-state index < -0.39 is 0 Å². The molecule has 8 heteroatoms. The number of hydrogen-bond donors (Lipinski definition) is 0. The van der Waals surface area contributed by atoms with Crippen molar-refractivity contribution in [2.24, 2.45) is 0 Å². The molecule has 0 aliphatic heterocycles. The van der Waals surface area contributed by atoms with Gasteiger partial charge < -0.3 is 17.3 Å². The summed E-state index contributed by atoms with van der Waals surface area (Å²) < 4.78 is 3.55. The lowest BCUT2D eigenvalue weighted by molar-refractivity contribution is -0.00000604. The Kier molecular flexibility index (Phi) is 7.16. The Morgan fingerprint density at radius 3 is 2.67 bits per heavy atom. The minimum Gasteiger partial charge on any atom is -1.00 e. The Labute approximate surface area is 189 Å². The van der Waals surface area contributed by atoms with Crippen LogP contribution < -0.4 is 18.0 Å². The highest BCUT2D eigenvalue weighted by Gasteiger charge is 2.17. The average molecular weight is 456 g/mol. The van der Waals surface area contributed by atoms with Gasteiger partial charge in [-0.3, -0.25) is 9.36 Å². The molecule has 4 rings (SSSR count). The number of thiophene rings is 1. The third-order valence-corrected chi connectivity index (χ3v) is 6.89. The molecule has 0 saturated carbocycles. The lowest BCUT2D eigenvalue weighted by Crippen LogP contribution is -3.00. The Hall–Kier alpha value is -2.37. The largest absolute Gasteiger partial charge is 1.00 e. The van der Waals surface area contributed by atoms with Gasteiger partial charge in [-0.05, 0) is 31.8 Å². The summed E-state index contributed by atoms with van der Waals surface area (Å²) in [6, 6.07) is 17.8. The number of fused-ring (bicyclic) bond motifs is 3. The van der Waals surface area contributed by atoms with Crippen LogP contribution in [0.2, 0.25) is 0 Å². The highest BCUT2D eigenvalue weighted by atomic mass is 35.5. The highest BCUT2D eigenvalue weighted by molar-refractivity contribution is 7.98. The number of aromatic nitrogens is 2. The third kappa shape index (κ3) is 4.37. The van der Waals surface area contributed by atoms with Crippen LogP contribution in [-0.4, -0.2) is 35.1 Å².